The number of ether oxygens (including phenoxy) is 1. The minimum atomic E-state index is -0.384. The maximum absolute atomic E-state index is 13.6. The van der Waals surface area contributed by atoms with Crippen LogP contribution in [0, 0.1) is 5.82 Å². The summed E-state index contributed by atoms with van der Waals surface area (Å²) in [5, 5.41) is 2.64. The number of nitrogens with two attached hydrogens (primary N) is 1. The molecule has 4 nitrogen and oxygen atoms in total. The third kappa shape index (κ3) is 3.52. The highest BCUT2D eigenvalue weighted by Gasteiger charge is 2.13. The van der Waals surface area contributed by atoms with E-state index >= 15 is 0 Å². The molecule has 0 aliphatic rings. The molecule has 0 aliphatic heterocycles. The van der Waals surface area contributed by atoms with E-state index in [-0.39, 0.29) is 24.0 Å². The molecule has 0 aliphatic carbocycles. The van der Waals surface area contributed by atoms with E-state index < -0.39 is 0 Å². The Morgan fingerprint density at radius 3 is 2.86 bits per heavy atom. The van der Waals surface area contributed by atoms with Crippen LogP contribution < -0.4 is 15.8 Å². The Labute approximate surface area is 130 Å². The number of anilines is 1. The van der Waals surface area contributed by atoms with Gasteiger partial charge in [-0.2, -0.15) is 0 Å². The normalized spacial score (nSPS) is 10.2. The molecule has 0 heterocycles. The molecule has 0 atom stereocenters. The molecule has 0 spiro atoms. The van der Waals surface area contributed by atoms with Crippen LogP contribution in [-0.4, -0.2) is 13.0 Å². The maximum Gasteiger partial charge on any atom is 0.253 e. The second-order valence-corrected chi connectivity index (χ2v) is 5.26. The minimum Gasteiger partial charge on any atom is -0.495 e. The fourth-order valence-electron chi connectivity index (χ4n) is 1.87. The van der Waals surface area contributed by atoms with Crippen LogP contribution in [0.5, 0.6) is 5.75 Å². The number of hydrogen-bond acceptors (Lipinski definition) is 3. The van der Waals surface area contributed by atoms with Gasteiger partial charge in [0, 0.05) is 16.6 Å². The van der Waals surface area contributed by atoms with Gasteiger partial charge in [-0.3, -0.25) is 4.79 Å². The first-order chi connectivity index (χ1) is 10.0. The summed E-state index contributed by atoms with van der Waals surface area (Å²) in [6.07, 6.45) is 0. The number of carbonyl (C=O) groups is 1. The average molecular weight is 353 g/mol. The van der Waals surface area contributed by atoms with Crippen molar-refractivity contribution < 1.29 is 13.9 Å². The van der Waals surface area contributed by atoms with E-state index in [0.29, 0.717) is 16.9 Å². The molecule has 2 aromatic rings. The van der Waals surface area contributed by atoms with Crippen LogP contribution in [0.4, 0.5) is 10.1 Å². The molecule has 0 saturated carbocycles. The highest BCUT2D eigenvalue weighted by Crippen LogP contribution is 2.24. The number of hydrogen-bond donors (Lipinski definition) is 2. The number of benzene rings is 2. The molecule has 0 fully saturated rings. The number of carbonyl (C=O) groups excluding carboxylic acids is 1. The first-order valence-electron chi connectivity index (χ1n) is 6.17. The lowest BCUT2D eigenvalue weighted by Crippen LogP contribution is -2.24. The summed E-state index contributed by atoms with van der Waals surface area (Å²) in [5.74, 6) is -0.334. The monoisotopic (exact) mass is 352 g/mol. The van der Waals surface area contributed by atoms with E-state index in [1.807, 2.05) is 0 Å². The van der Waals surface area contributed by atoms with Crippen molar-refractivity contribution in [2.75, 3.05) is 12.8 Å². The van der Waals surface area contributed by atoms with Crippen molar-refractivity contribution in [3.05, 3.63) is 57.8 Å². The highest BCUT2D eigenvalue weighted by molar-refractivity contribution is 9.10. The van der Waals surface area contributed by atoms with Crippen molar-refractivity contribution in [3.63, 3.8) is 0 Å². The SMILES string of the molecule is COc1cccc(C(=O)NCc2cc(Br)ccc2F)c1N. The second-order valence-electron chi connectivity index (χ2n) is 4.34. The molecular weight excluding hydrogens is 339 g/mol. The zero-order valence-electron chi connectivity index (χ0n) is 11.3. The number of rotatable bonds is 4. The third-order valence-corrected chi connectivity index (χ3v) is 3.47. The van der Waals surface area contributed by atoms with Crippen molar-refractivity contribution in [3.8, 4) is 5.75 Å². The van der Waals surface area contributed by atoms with Gasteiger partial charge in [0.1, 0.15) is 11.6 Å². The lowest BCUT2D eigenvalue weighted by molar-refractivity contribution is 0.0951. The quantitative estimate of drug-likeness (QED) is 0.831. The number of methoxy groups -OCH3 is 1. The molecule has 2 rings (SSSR count). The van der Waals surface area contributed by atoms with Gasteiger partial charge in [-0.1, -0.05) is 22.0 Å². The Bertz CT molecular complexity index is 677. The predicted molar refractivity (Wildman–Crippen MR) is 82.7 cm³/mol. The van der Waals surface area contributed by atoms with E-state index in [4.69, 9.17) is 10.5 Å². The Hall–Kier alpha value is -2.08. The van der Waals surface area contributed by atoms with Crippen molar-refractivity contribution in [2.24, 2.45) is 0 Å². The van der Waals surface area contributed by atoms with Gasteiger partial charge in [0.2, 0.25) is 0 Å². The molecule has 21 heavy (non-hydrogen) atoms. The fourth-order valence-corrected chi connectivity index (χ4v) is 2.28. The molecule has 0 unspecified atom stereocenters. The van der Waals surface area contributed by atoms with E-state index in [2.05, 4.69) is 21.2 Å². The Morgan fingerprint density at radius 1 is 1.38 bits per heavy atom. The molecule has 0 radical (unpaired) electrons. The summed E-state index contributed by atoms with van der Waals surface area (Å²) in [6.45, 7) is 0.0702. The van der Waals surface area contributed by atoms with Crippen molar-refractivity contribution >= 4 is 27.5 Å². The average Bonchev–Trinajstić information content (AvgIpc) is 2.48. The molecule has 0 saturated heterocycles. The largest absolute Gasteiger partial charge is 0.495 e. The lowest BCUT2D eigenvalue weighted by atomic mass is 10.1. The number of nitrogen functional groups attached to an aromatic ring is 1. The minimum absolute atomic E-state index is 0.0702. The third-order valence-electron chi connectivity index (χ3n) is 2.98. The van der Waals surface area contributed by atoms with Crippen LogP contribution in [0.3, 0.4) is 0 Å². The number of halogens is 2. The van der Waals surface area contributed by atoms with Gasteiger partial charge >= 0.3 is 0 Å². The zero-order valence-corrected chi connectivity index (χ0v) is 12.9. The summed E-state index contributed by atoms with van der Waals surface area (Å²) in [6, 6.07) is 9.48. The Kier molecular flexibility index (Phi) is 4.80. The van der Waals surface area contributed by atoms with E-state index in [9.17, 15) is 9.18 Å². The van der Waals surface area contributed by atoms with Crippen LogP contribution >= 0.6 is 15.9 Å². The van der Waals surface area contributed by atoms with Gasteiger partial charge < -0.3 is 15.8 Å². The van der Waals surface area contributed by atoms with Crippen LogP contribution in [0.25, 0.3) is 0 Å². The summed E-state index contributed by atoms with van der Waals surface area (Å²) in [5.41, 5.74) is 6.79. The number of para-hydroxylation sites is 1. The van der Waals surface area contributed by atoms with Crippen LogP contribution in [-0.2, 0) is 6.54 Å². The van der Waals surface area contributed by atoms with Crippen LogP contribution in [0.2, 0.25) is 0 Å². The van der Waals surface area contributed by atoms with Gasteiger partial charge in [-0.05, 0) is 30.3 Å². The zero-order chi connectivity index (χ0) is 15.4. The predicted octanol–water partition coefficient (Wildman–Crippen LogP) is 3.11. The molecule has 0 bridgehead atoms. The summed E-state index contributed by atoms with van der Waals surface area (Å²) >= 11 is 3.26. The van der Waals surface area contributed by atoms with Gasteiger partial charge in [-0.15, -0.1) is 0 Å². The molecule has 0 aromatic heterocycles. The Morgan fingerprint density at radius 2 is 2.14 bits per heavy atom. The first kappa shape index (κ1) is 15.3. The molecule has 3 N–H and O–H groups in total. The standard InChI is InChI=1S/C15H14BrFN2O2/c1-21-13-4-2-3-11(14(13)18)15(20)19-8-9-7-10(16)5-6-12(9)17/h2-7H,8,18H2,1H3,(H,19,20). The molecule has 6 heteroatoms. The van der Waals surface area contributed by atoms with Crippen LogP contribution in [0.1, 0.15) is 15.9 Å². The van der Waals surface area contributed by atoms with Crippen molar-refractivity contribution in [1.29, 1.82) is 0 Å². The van der Waals surface area contributed by atoms with Crippen molar-refractivity contribution in [1.82, 2.24) is 5.32 Å². The molecule has 2 aromatic carbocycles. The second kappa shape index (κ2) is 6.58. The molecular formula is C15H14BrFN2O2. The fraction of sp³-hybridized carbons (Fsp3) is 0.133. The van der Waals surface area contributed by atoms with Gasteiger partial charge in [-0.25, -0.2) is 4.39 Å². The highest BCUT2D eigenvalue weighted by atomic mass is 79.9. The van der Waals surface area contributed by atoms with Crippen molar-refractivity contribution in [2.45, 2.75) is 6.54 Å². The molecule has 1 amide bonds. The van der Waals surface area contributed by atoms with Gasteiger partial charge in [0.15, 0.2) is 0 Å². The maximum atomic E-state index is 13.6. The van der Waals surface area contributed by atoms with Crippen LogP contribution in [0.15, 0.2) is 40.9 Å². The number of nitrogens with one attached hydrogen (secondary N) is 1. The smallest absolute Gasteiger partial charge is 0.253 e. The summed E-state index contributed by atoms with van der Waals surface area (Å²) in [4.78, 5) is 12.1. The lowest BCUT2D eigenvalue weighted by Gasteiger charge is -2.11. The Balaban J connectivity index is 2.14. The topological polar surface area (TPSA) is 64.3 Å². The van der Waals surface area contributed by atoms with E-state index in [1.54, 1.807) is 30.3 Å². The van der Waals surface area contributed by atoms with E-state index in [1.165, 1.54) is 13.2 Å². The number of amides is 1. The summed E-state index contributed by atoms with van der Waals surface area (Å²) < 4.78 is 19.4. The van der Waals surface area contributed by atoms with Gasteiger partial charge in [0.05, 0.1) is 18.4 Å². The first-order valence-corrected chi connectivity index (χ1v) is 6.97. The van der Waals surface area contributed by atoms with Gasteiger partial charge in [0.25, 0.3) is 5.91 Å². The molecule has 110 valence electrons. The van der Waals surface area contributed by atoms with E-state index in [0.717, 1.165) is 4.47 Å². The summed E-state index contributed by atoms with van der Waals surface area (Å²) in [7, 11) is 1.48.